The molecule has 0 aliphatic heterocycles. The topological polar surface area (TPSA) is 30.0 Å². The summed E-state index contributed by atoms with van der Waals surface area (Å²) < 4.78 is 0. The molecule has 1 aromatic heterocycles. The summed E-state index contributed by atoms with van der Waals surface area (Å²) in [5, 5.41) is 0.448. The van der Waals surface area contributed by atoms with Crippen LogP contribution < -0.4 is 0 Å². The highest BCUT2D eigenvalue weighted by atomic mass is 35.5. The minimum absolute atomic E-state index is 0.181. The molecule has 17 heavy (non-hydrogen) atoms. The Labute approximate surface area is 105 Å². The van der Waals surface area contributed by atoms with Crippen molar-refractivity contribution in [2.45, 2.75) is 12.8 Å². The molecule has 86 valence electrons. The maximum absolute atomic E-state index is 11.8. The van der Waals surface area contributed by atoms with Gasteiger partial charge in [0.1, 0.15) is 10.9 Å². The van der Waals surface area contributed by atoms with E-state index in [-0.39, 0.29) is 5.78 Å². The molecule has 0 atom stereocenters. The van der Waals surface area contributed by atoms with E-state index in [0.29, 0.717) is 18.0 Å². The Bertz CT molecular complexity index is 493. The quantitative estimate of drug-likeness (QED) is 0.775. The molecule has 2 aromatic rings. The van der Waals surface area contributed by atoms with Crippen molar-refractivity contribution in [1.82, 2.24) is 4.98 Å². The molecule has 2 nitrogen and oxygen atoms in total. The molecule has 2 rings (SSSR count). The van der Waals surface area contributed by atoms with Gasteiger partial charge in [-0.2, -0.15) is 0 Å². The van der Waals surface area contributed by atoms with Gasteiger partial charge in [-0.1, -0.05) is 48.0 Å². The Hall–Kier alpha value is -1.67. The van der Waals surface area contributed by atoms with Crippen LogP contribution in [0.3, 0.4) is 0 Å². The number of hydrogen-bond acceptors (Lipinski definition) is 2. The first kappa shape index (κ1) is 11.8. The molecule has 3 heteroatoms. The average Bonchev–Trinajstić information content (AvgIpc) is 2.33. The average molecular weight is 246 g/mol. The number of carbonyl (C=O) groups is 1. The zero-order chi connectivity index (χ0) is 12.1. The van der Waals surface area contributed by atoms with Gasteiger partial charge in [0.05, 0.1) is 0 Å². The summed E-state index contributed by atoms with van der Waals surface area (Å²) in [7, 11) is 0. The van der Waals surface area contributed by atoms with Crippen molar-refractivity contribution in [3.8, 4) is 0 Å². The Balaban J connectivity index is 1.96. The van der Waals surface area contributed by atoms with Crippen LogP contribution >= 0.6 is 11.6 Å². The van der Waals surface area contributed by atoms with Crippen LogP contribution in [-0.4, -0.2) is 10.8 Å². The fourth-order valence-electron chi connectivity index (χ4n) is 1.62. The zero-order valence-corrected chi connectivity index (χ0v) is 10.0. The standard InChI is InChI=1S/C14H12ClNO/c15-14-7-6-12(10-16-14)9-13(17)8-11-4-2-1-3-5-11/h1-7,10H,8-9H2. The number of hydrogen-bond donors (Lipinski definition) is 0. The number of rotatable bonds is 4. The number of aromatic nitrogens is 1. The summed E-state index contributed by atoms with van der Waals surface area (Å²) in [5.41, 5.74) is 1.94. The highest BCUT2D eigenvalue weighted by molar-refractivity contribution is 6.29. The molecule has 1 aromatic carbocycles. The van der Waals surface area contributed by atoms with E-state index in [1.807, 2.05) is 36.4 Å². The number of nitrogens with zero attached hydrogens (tertiary/aromatic N) is 1. The summed E-state index contributed by atoms with van der Waals surface area (Å²) in [5.74, 6) is 0.181. The third-order valence-electron chi connectivity index (χ3n) is 2.43. The highest BCUT2D eigenvalue weighted by Crippen LogP contribution is 2.08. The van der Waals surface area contributed by atoms with E-state index >= 15 is 0 Å². The fraction of sp³-hybridized carbons (Fsp3) is 0.143. The van der Waals surface area contributed by atoms with Crippen molar-refractivity contribution in [2.24, 2.45) is 0 Å². The van der Waals surface area contributed by atoms with Crippen LogP contribution in [0.15, 0.2) is 48.7 Å². The second-order valence-electron chi connectivity index (χ2n) is 3.87. The van der Waals surface area contributed by atoms with Gasteiger partial charge < -0.3 is 0 Å². The maximum atomic E-state index is 11.8. The van der Waals surface area contributed by atoms with Crippen molar-refractivity contribution >= 4 is 17.4 Å². The van der Waals surface area contributed by atoms with Gasteiger partial charge in [-0.05, 0) is 17.2 Å². The number of benzene rings is 1. The molecule has 0 radical (unpaired) electrons. The van der Waals surface area contributed by atoms with Crippen LogP contribution in [0, 0.1) is 0 Å². The van der Waals surface area contributed by atoms with E-state index in [4.69, 9.17) is 11.6 Å². The number of Topliss-reactive ketones (excluding diaryl/α,β-unsaturated/α-hetero) is 1. The Morgan fingerprint density at radius 2 is 1.71 bits per heavy atom. The molecule has 0 spiro atoms. The van der Waals surface area contributed by atoms with Crippen LogP contribution in [0.4, 0.5) is 0 Å². The highest BCUT2D eigenvalue weighted by Gasteiger charge is 2.05. The van der Waals surface area contributed by atoms with Crippen molar-refractivity contribution in [3.63, 3.8) is 0 Å². The summed E-state index contributed by atoms with van der Waals surface area (Å²) in [6.07, 6.45) is 2.51. The summed E-state index contributed by atoms with van der Waals surface area (Å²) in [6.45, 7) is 0. The fourth-order valence-corrected chi connectivity index (χ4v) is 1.74. The van der Waals surface area contributed by atoms with Gasteiger partial charge in [0.25, 0.3) is 0 Å². The minimum Gasteiger partial charge on any atom is -0.299 e. The maximum Gasteiger partial charge on any atom is 0.141 e. The lowest BCUT2D eigenvalue weighted by molar-refractivity contribution is -0.117. The van der Waals surface area contributed by atoms with Crippen molar-refractivity contribution < 1.29 is 4.79 Å². The zero-order valence-electron chi connectivity index (χ0n) is 9.27. The van der Waals surface area contributed by atoms with E-state index in [1.54, 1.807) is 12.3 Å². The Kier molecular flexibility index (Phi) is 3.89. The molecule has 0 fully saturated rings. The van der Waals surface area contributed by atoms with Gasteiger partial charge in [0, 0.05) is 19.0 Å². The number of carbonyl (C=O) groups excluding carboxylic acids is 1. The van der Waals surface area contributed by atoms with Crippen molar-refractivity contribution in [3.05, 3.63) is 64.9 Å². The molecule has 1 heterocycles. The Morgan fingerprint density at radius 3 is 2.35 bits per heavy atom. The lowest BCUT2D eigenvalue weighted by Gasteiger charge is -2.01. The molecule has 0 saturated carbocycles. The molecule has 0 bridgehead atoms. The van der Waals surface area contributed by atoms with E-state index < -0.39 is 0 Å². The first-order valence-electron chi connectivity index (χ1n) is 5.40. The van der Waals surface area contributed by atoms with E-state index in [0.717, 1.165) is 11.1 Å². The molecular weight excluding hydrogens is 234 g/mol. The SMILES string of the molecule is O=C(Cc1ccccc1)Cc1ccc(Cl)nc1. The second kappa shape index (κ2) is 5.60. The number of pyridine rings is 1. The molecule has 0 amide bonds. The normalized spacial score (nSPS) is 10.2. The predicted octanol–water partition coefficient (Wildman–Crippen LogP) is 3.09. The van der Waals surface area contributed by atoms with Crippen LogP contribution in [-0.2, 0) is 17.6 Å². The lowest BCUT2D eigenvalue weighted by Crippen LogP contribution is -2.06. The van der Waals surface area contributed by atoms with Crippen LogP contribution in [0.25, 0.3) is 0 Å². The van der Waals surface area contributed by atoms with E-state index in [9.17, 15) is 4.79 Å². The molecular formula is C14H12ClNO. The van der Waals surface area contributed by atoms with E-state index in [1.165, 1.54) is 0 Å². The number of ketones is 1. The molecule has 0 aliphatic carbocycles. The van der Waals surface area contributed by atoms with Crippen LogP contribution in [0.2, 0.25) is 5.15 Å². The first-order chi connectivity index (χ1) is 8.24. The van der Waals surface area contributed by atoms with Gasteiger partial charge in [0.2, 0.25) is 0 Å². The Morgan fingerprint density at radius 1 is 1.00 bits per heavy atom. The monoisotopic (exact) mass is 245 g/mol. The number of halogens is 1. The third kappa shape index (κ3) is 3.68. The first-order valence-corrected chi connectivity index (χ1v) is 5.78. The van der Waals surface area contributed by atoms with E-state index in [2.05, 4.69) is 4.98 Å². The van der Waals surface area contributed by atoms with Crippen LogP contribution in [0.1, 0.15) is 11.1 Å². The smallest absolute Gasteiger partial charge is 0.141 e. The minimum atomic E-state index is 0.181. The molecule has 0 saturated heterocycles. The molecule has 0 unspecified atom stereocenters. The summed E-state index contributed by atoms with van der Waals surface area (Å²) in [6, 6.07) is 13.3. The largest absolute Gasteiger partial charge is 0.299 e. The van der Waals surface area contributed by atoms with Gasteiger partial charge in [-0.15, -0.1) is 0 Å². The lowest BCUT2D eigenvalue weighted by atomic mass is 10.0. The summed E-state index contributed by atoms with van der Waals surface area (Å²) >= 11 is 5.68. The molecule has 0 aliphatic rings. The second-order valence-corrected chi connectivity index (χ2v) is 4.25. The predicted molar refractivity (Wildman–Crippen MR) is 68.1 cm³/mol. The van der Waals surface area contributed by atoms with Crippen molar-refractivity contribution in [2.75, 3.05) is 0 Å². The van der Waals surface area contributed by atoms with Gasteiger partial charge in [0.15, 0.2) is 0 Å². The van der Waals surface area contributed by atoms with Crippen LogP contribution in [0.5, 0.6) is 0 Å². The van der Waals surface area contributed by atoms with Gasteiger partial charge in [-0.25, -0.2) is 4.98 Å². The molecule has 0 N–H and O–H groups in total. The third-order valence-corrected chi connectivity index (χ3v) is 2.66. The van der Waals surface area contributed by atoms with Gasteiger partial charge in [-0.3, -0.25) is 4.79 Å². The van der Waals surface area contributed by atoms with Gasteiger partial charge >= 0.3 is 0 Å². The van der Waals surface area contributed by atoms with Crippen molar-refractivity contribution in [1.29, 1.82) is 0 Å². The summed E-state index contributed by atoms with van der Waals surface area (Å²) in [4.78, 5) is 15.8.